The van der Waals surface area contributed by atoms with Crippen molar-refractivity contribution in [3.8, 4) is 0 Å². The van der Waals surface area contributed by atoms with Crippen molar-refractivity contribution >= 4 is 39.1 Å². The first-order valence-corrected chi connectivity index (χ1v) is 17.3. The Hall–Kier alpha value is -4.14. The average Bonchev–Trinajstić information content (AvgIpc) is 3.04. The highest BCUT2D eigenvalue weighted by Crippen LogP contribution is 2.29. The number of nitrogens with zero attached hydrogens (tertiary/aromatic N) is 2. The van der Waals surface area contributed by atoms with E-state index in [1.807, 2.05) is 89.2 Å². The molecule has 4 aromatic rings. The molecule has 0 radical (unpaired) electrons. The van der Waals surface area contributed by atoms with Crippen LogP contribution in [-0.2, 0) is 32.6 Å². The molecular weight excluding hydrogens is 618 g/mol. The van der Waals surface area contributed by atoms with E-state index in [-0.39, 0.29) is 35.5 Å². The summed E-state index contributed by atoms with van der Waals surface area (Å²) in [5, 5.41) is 3.44. The van der Waals surface area contributed by atoms with Gasteiger partial charge in [0, 0.05) is 24.0 Å². The molecule has 2 amide bonds. The number of halogens is 1. The molecule has 0 unspecified atom stereocenters. The summed E-state index contributed by atoms with van der Waals surface area (Å²) < 4.78 is 29.5. The van der Waals surface area contributed by atoms with E-state index in [1.165, 1.54) is 17.0 Å². The van der Waals surface area contributed by atoms with Crippen molar-refractivity contribution in [2.24, 2.45) is 0 Å². The van der Waals surface area contributed by atoms with Crippen molar-refractivity contribution in [3.63, 3.8) is 0 Å². The van der Waals surface area contributed by atoms with Gasteiger partial charge in [-0.25, -0.2) is 8.42 Å². The number of sulfonamides is 1. The summed E-state index contributed by atoms with van der Waals surface area (Å²) >= 11 is 6.47. The molecule has 242 valence electrons. The van der Waals surface area contributed by atoms with Crippen LogP contribution < -0.4 is 9.62 Å². The zero-order valence-corrected chi connectivity index (χ0v) is 28.6. The molecule has 0 aliphatic heterocycles. The van der Waals surface area contributed by atoms with Gasteiger partial charge in [0.1, 0.15) is 12.6 Å². The zero-order chi connectivity index (χ0) is 33.4. The number of aryl methyl sites for hydroxylation is 3. The largest absolute Gasteiger partial charge is 0.352 e. The summed E-state index contributed by atoms with van der Waals surface area (Å²) in [6, 6.07) is 27.6. The maximum absolute atomic E-state index is 14.6. The van der Waals surface area contributed by atoms with E-state index in [1.54, 1.807) is 30.3 Å². The minimum atomic E-state index is -4.21. The van der Waals surface area contributed by atoms with Gasteiger partial charge in [-0.15, -0.1) is 0 Å². The first-order chi connectivity index (χ1) is 21.9. The molecule has 0 aliphatic rings. The second kappa shape index (κ2) is 15.4. The van der Waals surface area contributed by atoms with E-state index in [0.717, 1.165) is 32.1 Å². The predicted octanol–water partition coefficient (Wildman–Crippen LogP) is 7.02. The zero-order valence-electron chi connectivity index (χ0n) is 27.0. The number of hydrogen-bond donors (Lipinski definition) is 1. The molecule has 0 saturated carbocycles. The average molecular weight is 660 g/mol. The topological polar surface area (TPSA) is 86.8 Å². The number of rotatable bonds is 13. The van der Waals surface area contributed by atoms with Gasteiger partial charge in [0.2, 0.25) is 11.8 Å². The van der Waals surface area contributed by atoms with Crippen LogP contribution in [0.15, 0.2) is 102 Å². The molecule has 1 N–H and O–H groups in total. The van der Waals surface area contributed by atoms with E-state index in [2.05, 4.69) is 5.32 Å². The first kappa shape index (κ1) is 34.7. The SMILES string of the molecule is CC[C@H](C)NC(=O)[C@H](Cc1ccccc1)N(Cc1ccccc1C)C(=O)CN(c1ccc(C)c(Cl)c1)S(=O)(=O)c1ccc(C)cc1. The number of hydrogen-bond acceptors (Lipinski definition) is 4. The lowest BCUT2D eigenvalue weighted by Gasteiger charge is -2.34. The van der Waals surface area contributed by atoms with Crippen molar-refractivity contribution < 1.29 is 18.0 Å². The van der Waals surface area contributed by atoms with Crippen LogP contribution >= 0.6 is 11.6 Å². The van der Waals surface area contributed by atoms with Gasteiger partial charge in [0.15, 0.2) is 0 Å². The van der Waals surface area contributed by atoms with Gasteiger partial charge < -0.3 is 10.2 Å². The Morgan fingerprint density at radius 1 is 0.848 bits per heavy atom. The van der Waals surface area contributed by atoms with E-state index in [0.29, 0.717) is 11.4 Å². The minimum absolute atomic E-state index is 0.0448. The van der Waals surface area contributed by atoms with Crippen LogP contribution in [0.5, 0.6) is 0 Å². The molecule has 9 heteroatoms. The Labute approximate surface area is 278 Å². The van der Waals surface area contributed by atoms with Crippen LogP contribution in [0, 0.1) is 20.8 Å². The summed E-state index contributed by atoms with van der Waals surface area (Å²) in [7, 11) is -4.21. The molecule has 46 heavy (non-hydrogen) atoms. The molecule has 0 saturated heterocycles. The second-order valence-electron chi connectivity index (χ2n) is 11.7. The number of nitrogens with one attached hydrogen (secondary N) is 1. The monoisotopic (exact) mass is 659 g/mol. The maximum Gasteiger partial charge on any atom is 0.264 e. The smallest absolute Gasteiger partial charge is 0.264 e. The summed E-state index contributed by atoms with van der Waals surface area (Å²) in [4.78, 5) is 30.2. The fraction of sp³-hybridized carbons (Fsp3) is 0.297. The van der Waals surface area contributed by atoms with E-state index >= 15 is 0 Å². The molecule has 0 aliphatic carbocycles. The second-order valence-corrected chi connectivity index (χ2v) is 14.0. The summed E-state index contributed by atoms with van der Waals surface area (Å²) in [5.41, 5.74) is 4.62. The molecule has 0 aromatic heterocycles. The highest BCUT2D eigenvalue weighted by molar-refractivity contribution is 7.92. The third-order valence-corrected chi connectivity index (χ3v) is 10.4. The fourth-order valence-electron chi connectivity index (χ4n) is 5.07. The highest BCUT2D eigenvalue weighted by atomic mass is 35.5. The van der Waals surface area contributed by atoms with Gasteiger partial charge in [0.25, 0.3) is 10.0 Å². The lowest BCUT2D eigenvalue weighted by atomic mass is 10.0. The number of carbonyl (C=O) groups is 2. The van der Waals surface area contributed by atoms with Gasteiger partial charge in [-0.2, -0.15) is 0 Å². The van der Waals surface area contributed by atoms with Gasteiger partial charge in [-0.3, -0.25) is 13.9 Å². The van der Waals surface area contributed by atoms with Crippen molar-refractivity contribution in [1.29, 1.82) is 0 Å². The Balaban J connectivity index is 1.83. The standard InChI is InChI=1S/C37H42ClN3O4S/c1-6-29(5)39-37(43)35(22-30-13-8-7-9-14-30)40(24-31-15-11-10-12-27(31)3)36(42)25-41(32-19-18-28(4)34(38)23-32)46(44,45)33-20-16-26(2)17-21-33/h7-21,23,29,35H,6,22,24-25H2,1-5H3,(H,39,43)/t29-,35-/m0/s1. The normalized spacial score (nSPS) is 12.7. The van der Waals surface area contributed by atoms with Gasteiger partial charge in [0.05, 0.1) is 10.6 Å². The molecule has 4 aromatic carbocycles. The first-order valence-electron chi connectivity index (χ1n) is 15.4. The highest BCUT2D eigenvalue weighted by Gasteiger charge is 2.35. The van der Waals surface area contributed by atoms with E-state index in [4.69, 9.17) is 11.6 Å². The lowest BCUT2D eigenvalue weighted by molar-refractivity contribution is -0.140. The molecule has 0 heterocycles. The van der Waals surface area contributed by atoms with Crippen molar-refractivity contribution in [2.75, 3.05) is 10.8 Å². The van der Waals surface area contributed by atoms with Crippen LogP contribution in [-0.4, -0.2) is 43.8 Å². The Bertz CT molecular complexity index is 1760. The van der Waals surface area contributed by atoms with Crippen LogP contribution in [0.3, 0.4) is 0 Å². The molecule has 7 nitrogen and oxygen atoms in total. The van der Waals surface area contributed by atoms with Crippen molar-refractivity contribution in [1.82, 2.24) is 10.2 Å². The van der Waals surface area contributed by atoms with Crippen LogP contribution in [0.25, 0.3) is 0 Å². The number of anilines is 1. The maximum atomic E-state index is 14.6. The van der Waals surface area contributed by atoms with Crippen LogP contribution in [0.1, 0.15) is 48.1 Å². The van der Waals surface area contributed by atoms with Crippen LogP contribution in [0.2, 0.25) is 5.02 Å². The van der Waals surface area contributed by atoms with Gasteiger partial charge in [-0.05, 0) is 80.6 Å². The summed E-state index contributed by atoms with van der Waals surface area (Å²) in [5.74, 6) is -0.817. The molecular formula is C37H42ClN3O4S. The quantitative estimate of drug-likeness (QED) is 0.167. The summed E-state index contributed by atoms with van der Waals surface area (Å²) in [6.07, 6.45) is 0.966. The molecule has 2 atom stereocenters. The molecule has 0 bridgehead atoms. The number of benzene rings is 4. The number of amides is 2. The van der Waals surface area contributed by atoms with Gasteiger partial charge in [-0.1, -0.05) is 96.9 Å². The molecule has 4 rings (SSSR count). The molecule has 0 fully saturated rings. The molecule has 0 spiro atoms. The van der Waals surface area contributed by atoms with Crippen LogP contribution in [0.4, 0.5) is 5.69 Å². The van der Waals surface area contributed by atoms with E-state index < -0.39 is 28.5 Å². The van der Waals surface area contributed by atoms with Crippen molar-refractivity contribution in [2.45, 2.75) is 71.0 Å². The Morgan fingerprint density at radius 2 is 1.50 bits per heavy atom. The van der Waals surface area contributed by atoms with E-state index in [9.17, 15) is 18.0 Å². The Kier molecular flexibility index (Phi) is 11.7. The van der Waals surface area contributed by atoms with Crippen molar-refractivity contribution in [3.05, 3.63) is 130 Å². The third-order valence-electron chi connectivity index (χ3n) is 8.21. The Morgan fingerprint density at radius 3 is 2.13 bits per heavy atom. The number of carbonyl (C=O) groups excluding carboxylic acids is 2. The minimum Gasteiger partial charge on any atom is -0.352 e. The fourth-order valence-corrected chi connectivity index (χ4v) is 6.65. The summed E-state index contributed by atoms with van der Waals surface area (Å²) in [6.45, 7) is 9.12. The van der Waals surface area contributed by atoms with Gasteiger partial charge >= 0.3 is 0 Å². The third kappa shape index (κ3) is 8.56. The lowest BCUT2D eigenvalue weighted by Crippen LogP contribution is -2.54. The predicted molar refractivity (Wildman–Crippen MR) is 185 cm³/mol.